The Kier molecular flexibility index (Phi) is 9.65. The summed E-state index contributed by atoms with van der Waals surface area (Å²) in [6.45, 7) is 12.4. The van der Waals surface area contributed by atoms with Crippen LogP contribution in [-0.4, -0.2) is 35.5 Å². The summed E-state index contributed by atoms with van der Waals surface area (Å²) in [4.78, 5) is 23.6. The number of ether oxygens (including phenoxy) is 1. The molecule has 0 aromatic heterocycles. The molecule has 0 heterocycles. The molecule has 4 aliphatic carbocycles. The first-order valence-corrected chi connectivity index (χ1v) is 16.6. The highest BCUT2D eigenvalue weighted by Crippen LogP contribution is 2.67. The van der Waals surface area contributed by atoms with Gasteiger partial charge in [-0.1, -0.05) is 65.5 Å². The van der Waals surface area contributed by atoms with Crippen LogP contribution in [0.5, 0.6) is 0 Å². The molecular formula is C32H54N2O3S. The van der Waals surface area contributed by atoms with Gasteiger partial charge in [-0.15, -0.1) is 11.8 Å². The van der Waals surface area contributed by atoms with Crippen LogP contribution < -0.4 is 11.5 Å². The molecule has 0 saturated heterocycles. The largest absolute Gasteiger partial charge is 0.461 e. The van der Waals surface area contributed by atoms with Crippen molar-refractivity contribution in [3.63, 3.8) is 0 Å². The van der Waals surface area contributed by atoms with Crippen molar-refractivity contribution in [2.75, 3.05) is 11.5 Å². The van der Waals surface area contributed by atoms with Gasteiger partial charge in [0.25, 0.3) is 0 Å². The lowest BCUT2D eigenvalue weighted by Crippen LogP contribution is -2.51. The number of amides is 1. The van der Waals surface area contributed by atoms with E-state index in [4.69, 9.17) is 16.2 Å². The molecule has 4 N–H and O–H groups in total. The molecule has 5 nitrogen and oxygen atoms in total. The van der Waals surface area contributed by atoms with Gasteiger partial charge in [0.05, 0.1) is 11.8 Å². The minimum absolute atomic E-state index is 0.0276. The van der Waals surface area contributed by atoms with Gasteiger partial charge in [-0.3, -0.25) is 9.59 Å². The van der Waals surface area contributed by atoms with E-state index in [0.717, 1.165) is 54.8 Å². The maximum absolute atomic E-state index is 12.5. The van der Waals surface area contributed by atoms with Crippen LogP contribution in [0.2, 0.25) is 0 Å². The van der Waals surface area contributed by atoms with Crippen molar-refractivity contribution in [3.05, 3.63) is 11.6 Å². The molecule has 0 bridgehead atoms. The smallest absolute Gasteiger partial charge is 0.316 e. The van der Waals surface area contributed by atoms with E-state index in [9.17, 15) is 9.59 Å². The molecule has 4 rings (SSSR count). The van der Waals surface area contributed by atoms with Crippen molar-refractivity contribution in [1.82, 2.24) is 0 Å². The van der Waals surface area contributed by atoms with Crippen LogP contribution in [0.4, 0.5) is 0 Å². The second-order valence-corrected chi connectivity index (χ2v) is 15.2. The molecule has 9 atom stereocenters. The molecule has 0 aromatic rings. The molecule has 216 valence electrons. The fourth-order valence-corrected chi connectivity index (χ4v) is 10.1. The Balaban J connectivity index is 1.34. The van der Waals surface area contributed by atoms with Gasteiger partial charge in [0.1, 0.15) is 6.10 Å². The molecule has 3 fully saturated rings. The van der Waals surface area contributed by atoms with Crippen LogP contribution >= 0.6 is 11.8 Å². The average molecular weight is 547 g/mol. The Hall–Kier alpha value is -1.01. The van der Waals surface area contributed by atoms with Crippen LogP contribution in [-0.2, 0) is 14.3 Å². The minimum atomic E-state index is -0.718. The molecule has 1 amide bonds. The van der Waals surface area contributed by atoms with E-state index in [1.54, 1.807) is 5.57 Å². The maximum Gasteiger partial charge on any atom is 0.316 e. The number of carbonyl (C=O) groups excluding carboxylic acids is 2. The number of primary amides is 1. The number of carbonyl (C=O) groups is 2. The Morgan fingerprint density at radius 2 is 1.84 bits per heavy atom. The molecule has 0 aliphatic heterocycles. The first-order valence-electron chi connectivity index (χ1n) is 15.5. The predicted octanol–water partition coefficient (Wildman–Crippen LogP) is 6.49. The molecule has 38 heavy (non-hydrogen) atoms. The molecule has 0 radical (unpaired) electrons. The van der Waals surface area contributed by atoms with Gasteiger partial charge in [0.2, 0.25) is 5.91 Å². The van der Waals surface area contributed by atoms with Crippen LogP contribution in [0.25, 0.3) is 0 Å². The van der Waals surface area contributed by atoms with Crippen molar-refractivity contribution in [1.29, 1.82) is 0 Å². The Morgan fingerprint density at radius 3 is 2.55 bits per heavy atom. The summed E-state index contributed by atoms with van der Waals surface area (Å²) in [7, 11) is 0. The second-order valence-electron chi connectivity index (χ2n) is 14.2. The third-order valence-electron chi connectivity index (χ3n) is 11.4. The zero-order valence-corrected chi connectivity index (χ0v) is 25.5. The highest BCUT2D eigenvalue weighted by atomic mass is 32.2. The third-order valence-corrected chi connectivity index (χ3v) is 12.5. The predicted molar refractivity (Wildman–Crippen MR) is 157 cm³/mol. The number of rotatable bonds is 11. The highest BCUT2D eigenvalue weighted by molar-refractivity contribution is 8.00. The van der Waals surface area contributed by atoms with E-state index in [-0.39, 0.29) is 23.2 Å². The molecule has 4 aliphatic rings. The summed E-state index contributed by atoms with van der Waals surface area (Å²) in [6.07, 6.45) is 16.5. The number of hydrogen-bond acceptors (Lipinski definition) is 5. The number of fused-ring (bicyclic) bond motifs is 5. The normalized spacial score (nSPS) is 38.0. The van der Waals surface area contributed by atoms with Gasteiger partial charge in [-0.25, -0.2) is 0 Å². The molecule has 0 aromatic carbocycles. The van der Waals surface area contributed by atoms with Gasteiger partial charge in [-0.05, 0) is 91.3 Å². The Bertz CT molecular complexity index is 890. The lowest BCUT2D eigenvalue weighted by Gasteiger charge is -2.58. The lowest BCUT2D eigenvalue weighted by molar-refractivity contribution is -0.148. The first kappa shape index (κ1) is 30.0. The number of esters is 1. The highest BCUT2D eigenvalue weighted by Gasteiger charge is 2.59. The van der Waals surface area contributed by atoms with Gasteiger partial charge in [0.15, 0.2) is 0 Å². The zero-order chi connectivity index (χ0) is 27.7. The minimum Gasteiger partial charge on any atom is -0.461 e. The maximum atomic E-state index is 12.5. The van der Waals surface area contributed by atoms with E-state index < -0.39 is 11.9 Å². The van der Waals surface area contributed by atoms with Crippen LogP contribution in [0, 0.1) is 46.3 Å². The molecule has 6 heteroatoms. The molecule has 3 saturated carbocycles. The topological polar surface area (TPSA) is 95.4 Å². The lowest BCUT2D eigenvalue weighted by atomic mass is 9.47. The molecule has 4 unspecified atom stereocenters. The fraction of sp³-hybridized carbons (Fsp3) is 0.875. The Morgan fingerprint density at radius 1 is 1.08 bits per heavy atom. The Labute approximate surface area is 236 Å². The van der Waals surface area contributed by atoms with Crippen molar-refractivity contribution in [2.24, 2.45) is 57.8 Å². The van der Waals surface area contributed by atoms with Crippen molar-refractivity contribution >= 4 is 23.6 Å². The zero-order valence-electron chi connectivity index (χ0n) is 24.7. The number of thioether (sulfide) groups is 1. The number of nitrogens with two attached hydrogens (primary N) is 2. The summed E-state index contributed by atoms with van der Waals surface area (Å²) in [6, 6.07) is -0.718. The summed E-state index contributed by atoms with van der Waals surface area (Å²) in [5, 5.41) is 0. The second kappa shape index (κ2) is 12.2. The SMILES string of the molecule is CC(C)CCC[C@H](C)C1CCC2[C@@H]3CC=C4C[C@@H](OC(=O)CSCC(N)C(N)=O)CC[C@]4(C)C3CC[C@@]21C. The average Bonchev–Trinajstić information content (AvgIpc) is 3.21. The van der Waals surface area contributed by atoms with E-state index in [1.807, 2.05) is 0 Å². The molecular weight excluding hydrogens is 492 g/mol. The standard InChI is InChI=1S/C32H54N2O3S/c1-20(2)7-6-8-21(3)25-11-12-26-24-10-9-22-17-23(37-29(35)19-38-18-28(33)30(34)36)13-15-31(22,4)27(24)14-16-32(25,26)5/h9,20-21,23-28H,6-8,10-19,33H2,1-5H3,(H2,34,36)/t21-,23-,24-,25?,26?,27?,28?,31-,32+/m0/s1. The van der Waals surface area contributed by atoms with Crippen molar-refractivity contribution in [3.8, 4) is 0 Å². The van der Waals surface area contributed by atoms with E-state index in [0.29, 0.717) is 11.2 Å². The van der Waals surface area contributed by atoms with Crippen LogP contribution in [0.3, 0.4) is 0 Å². The third kappa shape index (κ3) is 6.16. The van der Waals surface area contributed by atoms with Gasteiger partial charge >= 0.3 is 5.97 Å². The monoisotopic (exact) mass is 546 g/mol. The van der Waals surface area contributed by atoms with Gasteiger partial charge in [0, 0.05) is 12.2 Å². The van der Waals surface area contributed by atoms with Crippen LogP contribution in [0.15, 0.2) is 11.6 Å². The quantitative estimate of drug-likeness (QED) is 0.228. The van der Waals surface area contributed by atoms with E-state index in [2.05, 4.69) is 40.7 Å². The van der Waals surface area contributed by atoms with Crippen molar-refractivity contribution < 1.29 is 14.3 Å². The van der Waals surface area contributed by atoms with Gasteiger partial charge in [-0.2, -0.15) is 0 Å². The summed E-state index contributed by atoms with van der Waals surface area (Å²) < 4.78 is 5.88. The van der Waals surface area contributed by atoms with Crippen LogP contribution in [0.1, 0.15) is 105 Å². The summed E-state index contributed by atoms with van der Waals surface area (Å²) in [5.41, 5.74) is 13.2. The summed E-state index contributed by atoms with van der Waals surface area (Å²) in [5.74, 6) is 4.85. The fourth-order valence-electron chi connectivity index (χ4n) is 9.32. The van der Waals surface area contributed by atoms with E-state index in [1.165, 1.54) is 63.1 Å². The van der Waals surface area contributed by atoms with Crippen molar-refractivity contribution in [2.45, 2.75) is 117 Å². The van der Waals surface area contributed by atoms with E-state index >= 15 is 0 Å². The van der Waals surface area contributed by atoms with Gasteiger partial charge < -0.3 is 16.2 Å². The number of allylic oxidation sites excluding steroid dienone is 1. The summed E-state index contributed by atoms with van der Waals surface area (Å²) >= 11 is 1.32. The first-order chi connectivity index (χ1) is 18.0. The molecule has 0 spiro atoms. The number of hydrogen-bond donors (Lipinski definition) is 2.